The monoisotopic (exact) mass is 379 g/mol. The number of carbonyl (C=O) groups is 2. The fourth-order valence-corrected chi connectivity index (χ4v) is 2.62. The van der Waals surface area contributed by atoms with E-state index in [0.717, 1.165) is 11.1 Å². The van der Waals surface area contributed by atoms with Crippen LogP contribution in [0.15, 0.2) is 54.6 Å². The third-order valence-corrected chi connectivity index (χ3v) is 3.98. The van der Waals surface area contributed by atoms with Crippen LogP contribution in [-0.2, 0) is 16.0 Å². The molecule has 3 N–H and O–H groups in total. The van der Waals surface area contributed by atoms with Crippen LogP contribution in [0.2, 0.25) is 0 Å². The highest BCUT2D eigenvalue weighted by molar-refractivity contribution is 5.89. The summed E-state index contributed by atoms with van der Waals surface area (Å²) in [7, 11) is 1.57. The van der Waals surface area contributed by atoms with Crippen LogP contribution in [0.25, 0.3) is 11.4 Å². The predicted octanol–water partition coefficient (Wildman–Crippen LogP) is 2.17. The number of rotatable bonds is 8. The molecule has 8 heteroatoms. The van der Waals surface area contributed by atoms with E-state index >= 15 is 0 Å². The van der Waals surface area contributed by atoms with E-state index in [1.165, 1.54) is 0 Å². The average molecular weight is 379 g/mol. The number of para-hydroxylation sites is 1. The molecule has 0 radical (unpaired) electrons. The molecule has 0 aliphatic rings. The molecule has 3 aromatic rings. The molecule has 0 saturated heterocycles. The summed E-state index contributed by atoms with van der Waals surface area (Å²) in [6.45, 7) is 0.237. The van der Waals surface area contributed by atoms with Gasteiger partial charge in [0.15, 0.2) is 5.82 Å². The number of nitrogens with zero attached hydrogens (tertiary/aromatic N) is 2. The Morgan fingerprint density at radius 2 is 1.79 bits per heavy atom. The minimum atomic E-state index is -0.286. The minimum Gasteiger partial charge on any atom is -0.496 e. The van der Waals surface area contributed by atoms with E-state index < -0.39 is 0 Å². The summed E-state index contributed by atoms with van der Waals surface area (Å²) >= 11 is 0. The van der Waals surface area contributed by atoms with Crippen molar-refractivity contribution in [3.8, 4) is 17.1 Å². The highest BCUT2D eigenvalue weighted by Crippen LogP contribution is 2.26. The number of amides is 2. The molecule has 0 aliphatic carbocycles. The molecule has 0 fully saturated rings. The van der Waals surface area contributed by atoms with Crippen molar-refractivity contribution < 1.29 is 14.3 Å². The predicted molar refractivity (Wildman–Crippen MR) is 105 cm³/mol. The SMILES string of the molecule is COc1ccccc1-c1nc(NC(=O)CCNC(=O)Cc2ccccc2)n[nH]1. The van der Waals surface area contributed by atoms with Gasteiger partial charge in [0.2, 0.25) is 17.8 Å². The van der Waals surface area contributed by atoms with Gasteiger partial charge in [0.05, 0.1) is 19.1 Å². The van der Waals surface area contributed by atoms with Gasteiger partial charge >= 0.3 is 0 Å². The second-order valence-corrected chi connectivity index (χ2v) is 6.02. The molecule has 144 valence electrons. The third-order valence-electron chi connectivity index (χ3n) is 3.98. The molecule has 28 heavy (non-hydrogen) atoms. The molecular formula is C20H21N5O3. The maximum absolute atomic E-state index is 12.0. The number of hydrogen-bond acceptors (Lipinski definition) is 5. The van der Waals surface area contributed by atoms with Gasteiger partial charge in [-0.15, -0.1) is 5.10 Å². The number of nitrogens with one attached hydrogen (secondary N) is 3. The second-order valence-electron chi connectivity index (χ2n) is 6.02. The number of H-pyrrole nitrogens is 1. The minimum absolute atomic E-state index is 0.124. The van der Waals surface area contributed by atoms with Crippen LogP contribution in [0.5, 0.6) is 5.75 Å². The van der Waals surface area contributed by atoms with Gasteiger partial charge in [-0.1, -0.05) is 42.5 Å². The summed E-state index contributed by atoms with van der Waals surface area (Å²) in [4.78, 5) is 28.2. The molecular weight excluding hydrogens is 358 g/mol. The van der Waals surface area contributed by atoms with Gasteiger partial charge in [0, 0.05) is 13.0 Å². The summed E-state index contributed by atoms with van der Waals surface area (Å²) in [5, 5.41) is 12.1. The lowest BCUT2D eigenvalue weighted by Gasteiger charge is -2.05. The van der Waals surface area contributed by atoms with Gasteiger partial charge in [-0.3, -0.25) is 20.0 Å². The first-order chi connectivity index (χ1) is 13.7. The summed E-state index contributed by atoms with van der Waals surface area (Å²) in [5.41, 5.74) is 1.67. The van der Waals surface area contributed by atoms with Crippen LogP contribution in [0.4, 0.5) is 5.95 Å². The summed E-state index contributed by atoms with van der Waals surface area (Å²) in [6, 6.07) is 16.8. The summed E-state index contributed by atoms with van der Waals surface area (Å²) < 4.78 is 5.29. The molecule has 0 bridgehead atoms. The first-order valence-corrected chi connectivity index (χ1v) is 8.82. The zero-order valence-electron chi connectivity index (χ0n) is 15.4. The van der Waals surface area contributed by atoms with Crippen molar-refractivity contribution in [2.24, 2.45) is 0 Å². The Hall–Kier alpha value is -3.68. The van der Waals surface area contributed by atoms with Gasteiger partial charge in [-0.25, -0.2) is 0 Å². The van der Waals surface area contributed by atoms with Crippen molar-refractivity contribution in [3.63, 3.8) is 0 Å². The lowest BCUT2D eigenvalue weighted by Crippen LogP contribution is -2.29. The highest BCUT2D eigenvalue weighted by atomic mass is 16.5. The molecule has 0 atom stereocenters. The quantitative estimate of drug-likeness (QED) is 0.556. The van der Waals surface area contributed by atoms with Crippen LogP contribution in [0.3, 0.4) is 0 Å². The van der Waals surface area contributed by atoms with Crippen molar-refractivity contribution in [2.45, 2.75) is 12.8 Å². The average Bonchev–Trinajstić information content (AvgIpc) is 3.17. The molecule has 1 aromatic heterocycles. The molecule has 1 heterocycles. The van der Waals surface area contributed by atoms with Crippen LogP contribution >= 0.6 is 0 Å². The number of carbonyl (C=O) groups excluding carboxylic acids is 2. The molecule has 0 aliphatic heterocycles. The van der Waals surface area contributed by atoms with E-state index in [1.54, 1.807) is 7.11 Å². The molecule has 0 spiro atoms. The lowest BCUT2D eigenvalue weighted by atomic mass is 10.1. The summed E-state index contributed by atoms with van der Waals surface area (Å²) in [5.74, 6) is 0.893. The lowest BCUT2D eigenvalue weighted by molar-refractivity contribution is -0.120. The number of hydrogen-bond donors (Lipinski definition) is 3. The Balaban J connectivity index is 1.46. The molecule has 8 nitrogen and oxygen atoms in total. The van der Waals surface area contributed by atoms with Crippen LogP contribution in [0, 0.1) is 0 Å². The smallest absolute Gasteiger partial charge is 0.249 e. The van der Waals surface area contributed by atoms with Gasteiger partial charge in [0.25, 0.3) is 0 Å². The van der Waals surface area contributed by atoms with E-state index in [9.17, 15) is 9.59 Å². The number of aromatic amines is 1. The normalized spacial score (nSPS) is 10.3. The van der Waals surface area contributed by atoms with E-state index in [-0.39, 0.29) is 37.1 Å². The zero-order chi connectivity index (χ0) is 19.8. The molecule has 0 unspecified atom stereocenters. The maximum atomic E-state index is 12.0. The molecule has 2 aromatic carbocycles. The molecule has 3 rings (SSSR count). The van der Waals surface area contributed by atoms with Crippen molar-refractivity contribution in [3.05, 3.63) is 60.2 Å². The van der Waals surface area contributed by atoms with E-state index in [2.05, 4.69) is 25.8 Å². The number of aromatic nitrogens is 3. The number of ether oxygens (including phenoxy) is 1. The van der Waals surface area contributed by atoms with E-state index in [1.807, 2.05) is 54.6 Å². The fourth-order valence-electron chi connectivity index (χ4n) is 2.62. The zero-order valence-corrected chi connectivity index (χ0v) is 15.4. The first kappa shape index (κ1) is 19.1. The van der Waals surface area contributed by atoms with Crippen LogP contribution in [0.1, 0.15) is 12.0 Å². The Morgan fingerprint density at radius 1 is 1.04 bits per heavy atom. The van der Waals surface area contributed by atoms with Gasteiger partial charge in [-0.2, -0.15) is 4.98 Å². The number of methoxy groups -OCH3 is 1. The Morgan fingerprint density at radius 3 is 2.57 bits per heavy atom. The topological polar surface area (TPSA) is 109 Å². The Labute approximate surface area is 162 Å². The van der Waals surface area contributed by atoms with E-state index in [0.29, 0.717) is 11.6 Å². The largest absolute Gasteiger partial charge is 0.496 e. The molecule has 2 amide bonds. The van der Waals surface area contributed by atoms with Gasteiger partial charge in [0.1, 0.15) is 5.75 Å². The fraction of sp³-hybridized carbons (Fsp3) is 0.200. The third kappa shape index (κ3) is 5.16. The van der Waals surface area contributed by atoms with Gasteiger partial charge in [-0.05, 0) is 17.7 Å². The standard InChI is InChI=1S/C20H21N5O3/c1-28-16-10-6-5-9-15(16)19-23-20(25-24-19)22-17(26)11-12-21-18(27)13-14-7-3-2-4-8-14/h2-10H,11-13H2,1H3,(H,21,27)(H2,22,23,24,25,26). The Bertz CT molecular complexity index is 940. The Kier molecular flexibility index (Phi) is 6.35. The second kappa shape index (κ2) is 9.31. The number of anilines is 1. The van der Waals surface area contributed by atoms with Crippen LogP contribution < -0.4 is 15.4 Å². The van der Waals surface area contributed by atoms with Crippen molar-refractivity contribution >= 4 is 17.8 Å². The van der Waals surface area contributed by atoms with E-state index in [4.69, 9.17) is 4.74 Å². The van der Waals surface area contributed by atoms with Gasteiger partial charge < -0.3 is 10.1 Å². The van der Waals surface area contributed by atoms with Crippen LogP contribution in [-0.4, -0.2) is 40.7 Å². The van der Waals surface area contributed by atoms with Crippen molar-refractivity contribution in [1.29, 1.82) is 0 Å². The van der Waals surface area contributed by atoms with Crippen molar-refractivity contribution in [1.82, 2.24) is 20.5 Å². The summed E-state index contributed by atoms with van der Waals surface area (Å²) in [6.07, 6.45) is 0.407. The maximum Gasteiger partial charge on any atom is 0.249 e. The number of benzene rings is 2. The first-order valence-electron chi connectivity index (χ1n) is 8.82. The highest BCUT2D eigenvalue weighted by Gasteiger charge is 2.12. The molecule has 0 saturated carbocycles. The van der Waals surface area contributed by atoms with Crippen molar-refractivity contribution in [2.75, 3.05) is 19.0 Å².